The molecule has 1 aromatic heterocycles. The summed E-state index contributed by atoms with van der Waals surface area (Å²) in [6, 6.07) is 5.82. The van der Waals surface area contributed by atoms with Crippen molar-refractivity contribution in [1.29, 1.82) is 0 Å². The molecule has 1 heterocycles. The van der Waals surface area contributed by atoms with E-state index in [2.05, 4.69) is 15.6 Å². The predicted octanol–water partition coefficient (Wildman–Crippen LogP) is 1.25. The van der Waals surface area contributed by atoms with Gasteiger partial charge in [-0.25, -0.2) is 9.48 Å². The Bertz CT molecular complexity index is 608. The number of rotatable bonds is 6. The fraction of sp³-hybridized carbons (Fsp3) is 0.286. The van der Waals surface area contributed by atoms with Crippen LogP contribution >= 0.6 is 0 Å². The van der Waals surface area contributed by atoms with E-state index in [1.165, 1.54) is 0 Å². The second-order valence-corrected chi connectivity index (χ2v) is 4.55. The molecule has 1 atom stereocenters. The Kier molecular flexibility index (Phi) is 4.65. The second-order valence-electron chi connectivity index (χ2n) is 4.55. The van der Waals surface area contributed by atoms with Gasteiger partial charge in [0.15, 0.2) is 0 Å². The number of aromatic nitrogens is 3. The maximum absolute atomic E-state index is 12.0. The molecule has 21 heavy (non-hydrogen) atoms. The number of aliphatic carboxylic acids is 1. The molecule has 0 fully saturated rings. The molecular weight excluding hydrogens is 272 g/mol. The monoisotopic (exact) mass is 288 g/mol. The average molecular weight is 288 g/mol. The van der Waals surface area contributed by atoms with Gasteiger partial charge < -0.3 is 10.4 Å². The van der Waals surface area contributed by atoms with Crippen molar-refractivity contribution in [3.05, 3.63) is 42.2 Å². The first kappa shape index (κ1) is 14.7. The number of nitrogens with zero attached hydrogens (tertiary/aromatic N) is 3. The van der Waals surface area contributed by atoms with Gasteiger partial charge in [-0.3, -0.25) is 4.79 Å². The lowest BCUT2D eigenvalue weighted by Crippen LogP contribution is -2.40. The fourth-order valence-electron chi connectivity index (χ4n) is 1.90. The molecule has 1 aromatic carbocycles. The van der Waals surface area contributed by atoms with E-state index in [1.54, 1.807) is 41.3 Å². The normalized spacial score (nSPS) is 11.9. The van der Waals surface area contributed by atoms with Crippen LogP contribution in [0.2, 0.25) is 0 Å². The molecule has 0 aliphatic carbocycles. The quantitative estimate of drug-likeness (QED) is 0.833. The molecule has 110 valence electrons. The predicted molar refractivity (Wildman–Crippen MR) is 75.2 cm³/mol. The molecule has 0 radical (unpaired) electrons. The first-order chi connectivity index (χ1) is 10.1. The molecule has 0 saturated heterocycles. The average Bonchev–Trinajstić information content (AvgIpc) is 3.01. The summed E-state index contributed by atoms with van der Waals surface area (Å²) in [6.07, 6.45) is 4.33. The number of carboxylic acid groups (broad SMARTS) is 1. The van der Waals surface area contributed by atoms with Gasteiger partial charge >= 0.3 is 5.97 Å². The maximum Gasteiger partial charge on any atom is 0.326 e. The third-order valence-corrected chi connectivity index (χ3v) is 3.00. The van der Waals surface area contributed by atoms with Gasteiger partial charge in [0.25, 0.3) is 5.91 Å². The molecule has 0 spiro atoms. The largest absolute Gasteiger partial charge is 0.480 e. The lowest BCUT2D eigenvalue weighted by atomic mass is 10.1. The first-order valence-electron chi connectivity index (χ1n) is 6.62. The topological polar surface area (TPSA) is 97.1 Å². The third-order valence-electron chi connectivity index (χ3n) is 3.00. The Morgan fingerprint density at radius 3 is 2.57 bits per heavy atom. The van der Waals surface area contributed by atoms with E-state index in [-0.39, 0.29) is 0 Å². The SMILES string of the molecule is CCCC(NC(=O)c1ccc(-n2ccnn2)cc1)C(=O)O. The fourth-order valence-corrected chi connectivity index (χ4v) is 1.90. The molecule has 0 saturated carbocycles. The van der Waals surface area contributed by atoms with E-state index in [4.69, 9.17) is 5.11 Å². The van der Waals surface area contributed by atoms with Crippen LogP contribution in [0.4, 0.5) is 0 Å². The lowest BCUT2D eigenvalue weighted by Gasteiger charge is -2.13. The van der Waals surface area contributed by atoms with Crippen LogP contribution < -0.4 is 5.32 Å². The van der Waals surface area contributed by atoms with Gasteiger partial charge in [-0.15, -0.1) is 5.10 Å². The van der Waals surface area contributed by atoms with E-state index >= 15 is 0 Å². The molecule has 1 unspecified atom stereocenters. The number of benzene rings is 1. The van der Waals surface area contributed by atoms with E-state index in [1.807, 2.05) is 6.92 Å². The minimum absolute atomic E-state index is 0.401. The van der Waals surface area contributed by atoms with Gasteiger partial charge in [0.05, 0.1) is 18.1 Å². The minimum atomic E-state index is -1.02. The van der Waals surface area contributed by atoms with E-state index < -0.39 is 17.9 Å². The van der Waals surface area contributed by atoms with E-state index in [0.717, 1.165) is 5.69 Å². The summed E-state index contributed by atoms with van der Waals surface area (Å²) in [5.41, 5.74) is 1.17. The van der Waals surface area contributed by atoms with Crippen molar-refractivity contribution in [2.24, 2.45) is 0 Å². The molecule has 7 heteroatoms. The number of amides is 1. The zero-order valence-electron chi connectivity index (χ0n) is 11.6. The Labute approximate surface area is 121 Å². The number of hydrogen-bond donors (Lipinski definition) is 2. The summed E-state index contributed by atoms with van der Waals surface area (Å²) in [4.78, 5) is 23.1. The van der Waals surface area contributed by atoms with E-state index in [0.29, 0.717) is 18.4 Å². The highest BCUT2D eigenvalue weighted by Crippen LogP contribution is 2.09. The highest BCUT2D eigenvalue weighted by molar-refractivity contribution is 5.96. The van der Waals surface area contributed by atoms with Crippen molar-refractivity contribution in [2.75, 3.05) is 0 Å². The molecule has 0 bridgehead atoms. The van der Waals surface area contributed by atoms with Crippen LogP contribution in [-0.2, 0) is 4.79 Å². The van der Waals surface area contributed by atoms with Crippen molar-refractivity contribution >= 4 is 11.9 Å². The highest BCUT2D eigenvalue weighted by atomic mass is 16.4. The summed E-state index contributed by atoms with van der Waals surface area (Å²) in [5, 5.41) is 19.1. The number of carbonyl (C=O) groups excluding carboxylic acids is 1. The smallest absolute Gasteiger partial charge is 0.326 e. The number of carbonyl (C=O) groups is 2. The molecule has 0 aliphatic heterocycles. The van der Waals surface area contributed by atoms with Crippen molar-refractivity contribution in [1.82, 2.24) is 20.3 Å². The number of nitrogens with one attached hydrogen (secondary N) is 1. The first-order valence-corrected chi connectivity index (χ1v) is 6.62. The van der Waals surface area contributed by atoms with Crippen LogP contribution in [0, 0.1) is 0 Å². The Morgan fingerprint density at radius 2 is 2.05 bits per heavy atom. The van der Waals surface area contributed by atoms with Crippen molar-refractivity contribution in [3.8, 4) is 5.69 Å². The molecular formula is C14H16N4O3. The van der Waals surface area contributed by atoms with Crippen LogP contribution in [-0.4, -0.2) is 38.0 Å². The third kappa shape index (κ3) is 3.65. The number of hydrogen-bond acceptors (Lipinski definition) is 4. The molecule has 1 amide bonds. The van der Waals surface area contributed by atoms with Crippen molar-refractivity contribution in [3.63, 3.8) is 0 Å². The van der Waals surface area contributed by atoms with Crippen LogP contribution in [0.5, 0.6) is 0 Å². The van der Waals surface area contributed by atoms with Crippen LogP contribution in [0.15, 0.2) is 36.7 Å². The summed E-state index contributed by atoms with van der Waals surface area (Å²) in [6.45, 7) is 1.87. The summed E-state index contributed by atoms with van der Waals surface area (Å²) in [5.74, 6) is -1.43. The Balaban J connectivity index is 2.07. The van der Waals surface area contributed by atoms with Gasteiger partial charge in [-0.2, -0.15) is 0 Å². The van der Waals surface area contributed by atoms with E-state index in [9.17, 15) is 9.59 Å². The van der Waals surface area contributed by atoms with Crippen LogP contribution in [0.1, 0.15) is 30.1 Å². The lowest BCUT2D eigenvalue weighted by molar-refractivity contribution is -0.139. The van der Waals surface area contributed by atoms with Crippen LogP contribution in [0.25, 0.3) is 5.69 Å². The number of carboxylic acids is 1. The minimum Gasteiger partial charge on any atom is -0.480 e. The summed E-state index contributed by atoms with van der Waals surface area (Å²) < 4.78 is 1.57. The van der Waals surface area contributed by atoms with Gasteiger partial charge in [0.2, 0.25) is 0 Å². The Morgan fingerprint density at radius 1 is 1.33 bits per heavy atom. The Hall–Kier alpha value is -2.70. The molecule has 7 nitrogen and oxygen atoms in total. The standard InChI is InChI=1S/C14H16N4O3/c1-2-3-12(14(20)21)16-13(19)10-4-6-11(7-5-10)18-9-8-15-17-18/h4-9,12H,2-3H2,1H3,(H,16,19)(H,20,21). The molecule has 0 aliphatic rings. The van der Waals surface area contributed by atoms with Gasteiger partial charge in [-0.05, 0) is 30.7 Å². The maximum atomic E-state index is 12.0. The molecule has 2 rings (SSSR count). The van der Waals surface area contributed by atoms with Gasteiger partial charge in [-0.1, -0.05) is 18.6 Å². The zero-order chi connectivity index (χ0) is 15.2. The zero-order valence-corrected chi connectivity index (χ0v) is 11.6. The van der Waals surface area contributed by atoms with Gasteiger partial charge in [0, 0.05) is 5.56 Å². The van der Waals surface area contributed by atoms with Crippen molar-refractivity contribution < 1.29 is 14.7 Å². The molecule has 2 N–H and O–H groups in total. The van der Waals surface area contributed by atoms with Crippen LogP contribution in [0.3, 0.4) is 0 Å². The summed E-state index contributed by atoms with van der Waals surface area (Å²) >= 11 is 0. The summed E-state index contributed by atoms with van der Waals surface area (Å²) in [7, 11) is 0. The molecule has 2 aromatic rings. The van der Waals surface area contributed by atoms with Crippen molar-refractivity contribution in [2.45, 2.75) is 25.8 Å². The van der Waals surface area contributed by atoms with Gasteiger partial charge in [0.1, 0.15) is 6.04 Å². The second kappa shape index (κ2) is 6.65. The highest BCUT2D eigenvalue weighted by Gasteiger charge is 2.19.